The fourth-order valence-corrected chi connectivity index (χ4v) is 1.88. The molecule has 0 saturated carbocycles. The van der Waals surface area contributed by atoms with Crippen LogP contribution in [0.1, 0.15) is 27.2 Å². The van der Waals surface area contributed by atoms with Crippen molar-refractivity contribution in [2.75, 3.05) is 19.6 Å². The average molecular weight is 195 g/mol. The Bertz CT molecular complexity index is 219. The number of piperidine rings is 1. The van der Waals surface area contributed by atoms with Gasteiger partial charge in [-0.2, -0.15) is 5.26 Å². The Morgan fingerprint density at radius 3 is 2.86 bits per heavy atom. The van der Waals surface area contributed by atoms with Crippen molar-refractivity contribution in [1.82, 2.24) is 10.6 Å². The maximum atomic E-state index is 9.28. The van der Waals surface area contributed by atoms with Crippen molar-refractivity contribution in [2.24, 2.45) is 11.8 Å². The Balaban J connectivity index is 2.60. The average Bonchev–Trinajstić information content (AvgIpc) is 2.17. The van der Waals surface area contributed by atoms with E-state index in [9.17, 15) is 5.26 Å². The zero-order chi connectivity index (χ0) is 10.6. The summed E-state index contributed by atoms with van der Waals surface area (Å²) in [4.78, 5) is 0. The highest BCUT2D eigenvalue weighted by molar-refractivity contribution is 5.12. The van der Waals surface area contributed by atoms with Crippen molar-refractivity contribution in [2.45, 2.75) is 32.7 Å². The lowest BCUT2D eigenvalue weighted by atomic mass is 9.80. The second kappa shape index (κ2) is 4.77. The molecule has 3 heteroatoms. The first-order valence-electron chi connectivity index (χ1n) is 5.48. The van der Waals surface area contributed by atoms with Gasteiger partial charge in [-0.05, 0) is 25.4 Å². The summed E-state index contributed by atoms with van der Waals surface area (Å²) in [6, 6.07) is 2.47. The van der Waals surface area contributed by atoms with Crippen LogP contribution in [0.4, 0.5) is 0 Å². The Morgan fingerprint density at radius 1 is 1.64 bits per heavy atom. The molecular weight excluding hydrogens is 174 g/mol. The van der Waals surface area contributed by atoms with Crippen molar-refractivity contribution < 1.29 is 0 Å². The second-order valence-electron chi connectivity index (χ2n) is 4.71. The van der Waals surface area contributed by atoms with Gasteiger partial charge in [-0.3, -0.25) is 5.32 Å². The van der Waals surface area contributed by atoms with Crippen molar-refractivity contribution in [3.05, 3.63) is 0 Å². The van der Waals surface area contributed by atoms with Gasteiger partial charge in [0.25, 0.3) is 0 Å². The molecule has 0 aromatic rings. The number of nitrogens with zero attached hydrogens (tertiary/aromatic N) is 1. The molecule has 1 rings (SSSR count). The minimum Gasteiger partial charge on any atom is -0.316 e. The van der Waals surface area contributed by atoms with E-state index in [0.717, 1.165) is 26.1 Å². The Labute approximate surface area is 86.9 Å². The van der Waals surface area contributed by atoms with E-state index < -0.39 is 0 Å². The minimum absolute atomic E-state index is 0.296. The molecule has 2 N–H and O–H groups in total. The maximum Gasteiger partial charge on any atom is 0.111 e. The smallest absolute Gasteiger partial charge is 0.111 e. The quantitative estimate of drug-likeness (QED) is 0.709. The molecule has 3 nitrogen and oxygen atoms in total. The largest absolute Gasteiger partial charge is 0.316 e. The van der Waals surface area contributed by atoms with E-state index in [1.165, 1.54) is 0 Å². The molecule has 80 valence electrons. The Morgan fingerprint density at radius 2 is 2.36 bits per heavy atom. The van der Waals surface area contributed by atoms with Crippen LogP contribution in [0.3, 0.4) is 0 Å². The first kappa shape index (κ1) is 11.5. The highest BCUT2D eigenvalue weighted by atomic mass is 15.0. The first-order valence-corrected chi connectivity index (χ1v) is 5.48. The molecule has 1 aliphatic heterocycles. The predicted molar refractivity (Wildman–Crippen MR) is 57.8 cm³/mol. The molecule has 0 aromatic heterocycles. The van der Waals surface area contributed by atoms with Crippen LogP contribution >= 0.6 is 0 Å². The van der Waals surface area contributed by atoms with Crippen LogP contribution in [0.25, 0.3) is 0 Å². The fourth-order valence-electron chi connectivity index (χ4n) is 1.88. The predicted octanol–water partition coefficient (Wildman–Crippen LogP) is 1.12. The zero-order valence-corrected chi connectivity index (χ0v) is 9.43. The normalized spacial score (nSPS) is 32.9. The first-order chi connectivity index (χ1) is 6.60. The number of hydrogen-bond donors (Lipinski definition) is 2. The third-order valence-electron chi connectivity index (χ3n) is 3.01. The summed E-state index contributed by atoms with van der Waals surface area (Å²) in [5.41, 5.74) is -0.296. The standard InChI is InChI=1S/C11H21N3/c1-9(2)6-14-11(8-12)4-5-13-7-10(11)3/h9-10,13-14H,4-7H2,1-3H3. The van der Waals surface area contributed by atoms with Gasteiger partial charge in [0.1, 0.15) is 5.54 Å². The molecule has 2 atom stereocenters. The van der Waals surface area contributed by atoms with E-state index >= 15 is 0 Å². The SMILES string of the molecule is CC(C)CNC1(C#N)CCNCC1C. The lowest BCUT2D eigenvalue weighted by Crippen LogP contribution is -2.57. The van der Waals surface area contributed by atoms with Crippen LogP contribution < -0.4 is 10.6 Å². The van der Waals surface area contributed by atoms with Crippen LogP contribution in [0, 0.1) is 23.2 Å². The van der Waals surface area contributed by atoms with E-state index in [1.807, 2.05) is 0 Å². The molecule has 0 aliphatic carbocycles. The molecule has 1 heterocycles. The van der Waals surface area contributed by atoms with Gasteiger partial charge in [-0.15, -0.1) is 0 Å². The Hall–Kier alpha value is -0.590. The molecule has 0 radical (unpaired) electrons. The molecular formula is C11H21N3. The van der Waals surface area contributed by atoms with Crippen molar-refractivity contribution in [3.63, 3.8) is 0 Å². The molecule has 0 bridgehead atoms. The number of rotatable bonds is 3. The number of nitriles is 1. The summed E-state index contributed by atoms with van der Waals surface area (Å²) in [5.74, 6) is 0.988. The van der Waals surface area contributed by atoms with Crippen LogP contribution in [-0.2, 0) is 0 Å². The lowest BCUT2D eigenvalue weighted by Gasteiger charge is -2.38. The molecule has 2 unspecified atom stereocenters. The fraction of sp³-hybridized carbons (Fsp3) is 0.909. The molecule has 0 spiro atoms. The van der Waals surface area contributed by atoms with Gasteiger partial charge in [0, 0.05) is 12.5 Å². The van der Waals surface area contributed by atoms with Gasteiger partial charge < -0.3 is 5.32 Å². The third-order valence-corrected chi connectivity index (χ3v) is 3.01. The second-order valence-corrected chi connectivity index (χ2v) is 4.71. The topological polar surface area (TPSA) is 47.9 Å². The molecule has 1 aliphatic rings. The summed E-state index contributed by atoms with van der Waals surface area (Å²) >= 11 is 0. The van der Waals surface area contributed by atoms with E-state index in [0.29, 0.717) is 11.8 Å². The summed E-state index contributed by atoms with van der Waals surface area (Å²) < 4.78 is 0. The number of hydrogen-bond acceptors (Lipinski definition) is 3. The summed E-state index contributed by atoms with van der Waals surface area (Å²) in [6.45, 7) is 9.30. The van der Waals surface area contributed by atoms with Gasteiger partial charge >= 0.3 is 0 Å². The summed E-state index contributed by atoms with van der Waals surface area (Å²) in [7, 11) is 0. The molecule has 0 aromatic carbocycles. The van der Waals surface area contributed by atoms with Crippen molar-refractivity contribution in [1.29, 1.82) is 5.26 Å². The lowest BCUT2D eigenvalue weighted by molar-refractivity contribution is 0.220. The molecule has 1 fully saturated rings. The summed E-state index contributed by atoms with van der Waals surface area (Å²) in [6.07, 6.45) is 0.914. The van der Waals surface area contributed by atoms with E-state index in [1.54, 1.807) is 0 Å². The van der Waals surface area contributed by atoms with Gasteiger partial charge in [0.05, 0.1) is 6.07 Å². The van der Waals surface area contributed by atoms with Gasteiger partial charge in [0.15, 0.2) is 0 Å². The van der Waals surface area contributed by atoms with Crippen molar-refractivity contribution in [3.8, 4) is 6.07 Å². The van der Waals surface area contributed by atoms with Gasteiger partial charge in [-0.1, -0.05) is 20.8 Å². The highest BCUT2D eigenvalue weighted by Gasteiger charge is 2.37. The highest BCUT2D eigenvalue weighted by Crippen LogP contribution is 2.23. The van der Waals surface area contributed by atoms with Crippen LogP contribution in [0.2, 0.25) is 0 Å². The van der Waals surface area contributed by atoms with Crippen LogP contribution in [0.15, 0.2) is 0 Å². The monoisotopic (exact) mass is 195 g/mol. The van der Waals surface area contributed by atoms with E-state index in [2.05, 4.69) is 37.5 Å². The van der Waals surface area contributed by atoms with E-state index in [-0.39, 0.29) is 5.54 Å². The van der Waals surface area contributed by atoms with Crippen LogP contribution in [0.5, 0.6) is 0 Å². The Kier molecular flexibility index (Phi) is 3.91. The number of nitrogens with one attached hydrogen (secondary N) is 2. The van der Waals surface area contributed by atoms with Crippen LogP contribution in [-0.4, -0.2) is 25.2 Å². The minimum atomic E-state index is -0.296. The summed E-state index contributed by atoms with van der Waals surface area (Å²) in [5, 5.41) is 16.0. The van der Waals surface area contributed by atoms with E-state index in [4.69, 9.17) is 0 Å². The molecule has 0 amide bonds. The molecule has 1 saturated heterocycles. The third kappa shape index (κ3) is 2.46. The zero-order valence-electron chi connectivity index (χ0n) is 9.43. The molecule has 14 heavy (non-hydrogen) atoms. The van der Waals surface area contributed by atoms with Gasteiger partial charge in [-0.25, -0.2) is 0 Å². The van der Waals surface area contributed by atoms with Crippen molar-refractivity contribution >= 4 is 0 Å². The van der Waals surface area contributed by atoms with Gasteiger partial charge in [0.2, 0.25) is 0 Å². The maximum absolute atomic E-state index is 9.28.